The Kier molecular flexibility index (Phi) is 4.16. The normalized spacial score (nSPS) is 43.4. The van der Waals surface area contributed by atoms with Gasteiger partial charge in [0.05, 0.1) is 6.10 Å². The summed E-state index contributed by atoms with van der Waals surface area (Å²) in [5.74, 6) is 3.67. The minimum Gasteiger partial charge on any atom is -0.368 e. The van der Waals surface area contributed by atoms with Crippen molar-refractivity contribution in [3.63, 3.8) is 0 Å². The topological polar surface area (TPSA) is 38.7 Å². The maximum atomic E-state index is 9.80. The van der Waals surface area contributed by atoms with Crippen molar-refractivity contribution in [2.24, 2.45) is 29.6 Å². The molecule has 0 aromatic rings. The molecule has 2 unspecified atom stereocenters. The minimum absolute atomic E-state index is 0.182. The second kappa shape index (κ2) is 5.71. The van der Waals surface area contributed by atoms with Gasteiger partial charge in [0.2, 0.25) is 0 Å². The Hall–Kier alpha value is -0.120. The van der Waals surface area contributed by atoms with Gasteiger partial charge in [-0.1, -0.05) is 13.8 Å². The number of aliphatic hydroxyl groups excluding tert-OH is 1. The van der Waals surface area contributed by atoms with Crippen LogP contribution in [0.15, 0.2) is 0 Å². The van der Waals surface area contributed by atoms with E-state index in [1.807, 2.05) is 6.92 Å². The summed E-state index contributed by atoms with van der Waals surface area (Å²) in [6.45, 7) is 4.34. The van der Waals surface area contributed by atoms with Crippen LogP contribution in [0, 0.1) is 29.6 Å². The Morgan fingerprint density at radius 2 is 1.63 bits per heavy atom. The van der Waals surface area contributed by atoms with E-state index in [1.165, 1.54) is 32.1 Å². The summed E-state index contributed by atoms with van der Waals surface area (Å²) < 4.78 is 11.4. The van der Waals surface area contributed by atoms with Gasteiger partial charge in [-0.05, 0) is 62.2 Å². The van der Waals surface area contributed by atoms with E-state index in [-0.39, 0.29) is 12.7 Å². The second-order valence-electron chi connectivity index (χ2n) is 7.12. The maximum absolute atomic E-state index is 9.80. The number of hydrogen-bond acceptors (Lipinski definition) is 3. The van der Waals surface area contributed by atoms with Crippen LogP contribution in [0.5, 0.6) is 0 Å². The lowest BCUT2D eigenvalue weighted by Crippen LogP contribution is -2.49. The molecule has 0 aliphatic heterocycles. The molecule has 0 saturated heterocycles. The molecule has 4 aliphatic rings. The molecular formula is C16H28O3. The third-order valence-corrected chi connectivity index (χ3v) is 5.77. The van der Waals surface area contributed by atoms with Gasteiger partial charge in [0, 0.05) is 5.92 Å². The van der Waals surface area contributed by atoms with E-state index < -0.39 is 6.29 Å². The van der Waals surface area contributed by atoms with Crippen LogP contribution >= 0.6 is 0 Å². The van der Waals surface area contributed by atoms with Crippen LogP contribution in [0.25, 0.3) is 0 Å². The van der Waals surface area contributed by atoms with Gasteiger partial charge >= 0.3 is 0 Å². The third-order valence-electron chi connectivity index (χ3n) is 5.77. The fourth-order valence-electron chi connectivity index (χ4n) is 4.70. The van der Waals surface area contributed by atoms with Crippen molar-refractivity contribution in [1.82, 2.24) is 0 Å². The highest BCUT2D eigenvalue weighted by Crippen LogP contribution is 2.54. The second-order valence-corrected chi connectivity index (χ2v) is 7.12. The Morgan fingerprint density at radius 1 is 1.05 bits per heavy atom. The summed E-state index contributed by atoms with van der Waals surface area (Å²) in [7, 11) is 0. The summed E-state index contributed by atoms with van der Waals surface area (Å²) in [6, 6.07) is 0. The molecule has 0 spiro atoms. The highest BCUT2D eigenvalue weighted by molar-refractivity contribution is 4.98. The van der Waals surface area contributed by atoms with Crippen LogP contribution in [0.1, 0.15) is 52.4 Å². The Labute approximate surface area is 116 Å². The molecule has 2 atom stereocenters. The van der Waals surface area contributed by atoms with Crippen molar-refractivity contribution in [3.05, 3.63) is 0 Å². The average molecular weight is 268 g/mol. The molecular weight excluding hydrogens is 240 g/mol. The average Bonchev–Trinajstić information content (AvgIpc) is 2.39. The van der Waals surface area contributed by atoms with Crippen molar-refractivity contribution in [1.29, 1.82) is 0 Å². The first-order chi connectivity index (χ1) is 9.17. The van der Waals surface area contributed by atoms with E-state index in [0.29, 0.717) is 6.10 Å². The van der Waals surface area contributed by atoms with Gasteiger partial charge < -0.3 is 14.6 Å². The lowest BCUT2D eigenvalue weighted by molar-refractivity contribution is -0.231. The molecule has 4 aliphatic carbocycles. The Bertz CT molecular complexity index is 276. The number of ether oxygens (including phenoxy) is 2. The van der Waals surface area contributed by atoms with Crippen LogP contribution in [0.3, 0.4) is 0 Å². The van der Waals surface area contributed by atoms with E-state index >= 15 is 0 Å². The van der Waals surface area contributed by atoms with Crippen molar-refractivity contribution >= 4 is 0 Å². The summed E-state index contributed by atoms with van der Waals surface area (Å²) in [4.78, 5) is 0. The fourth-order valence-corrected chi connectivity index (χ4v) is 4.70. The monoisotopic (exact) mass is 268 g/mol. The molecule has 4 rings (SSSR count). The van der Waals surface area contributed by atoms with Gasteiger partial charge in [0.15, 0.2) is 6.29 Å². The van der Waals surface area contributed by atoms with E-state index in [4.69, 9.17) is 9.47 Å². The number of aliphatic hydroxyl groups is 1. The molecule has 0 aromatic carbocycles. The Balaban J connectivity index is 1.46. The van der Waals surface area contributed by atoms with Gasteiger partial charge in [-0.15, -0.1) is 0 Å². The summed E-state index contributed by atoms with van der Waals surface area (Å²) in [5, 5.41) is 9.80. The molecule has 3 heteroatoms. The van der Waals surface area contributed by atoms with Gasteiger partial charge in [-0.3, -0.25) is 0 Å². The lowest BCUT2D eigenvalue weighted by Gasteiger charge is -2.53. The van der Waals surface area contributed by atoms with Crippen LogP contribution in [0.2, 0.25) is 0 Å². The lowest BCUT2D eigenvalue weighted by atomic mass is 9.55. The molecule has 0 amide bonds. The predicted molar refractivity (Wildman–Crippen MR) is 73.3 cm³/mol. The van der Waals surface area contributed by atoms with Gasteiger partial charge in [-0.2, -0.15) is 0 Å². The molecule has 19 heavy (non-hydrogen) atoms. The Morgan fingerprint density at radius 3 is 2.16 bits per heavy atom. The fraction of sp³-hybridized carbons (Fsp3) is 1.00. The molecule has 0 aromatic heterocycles. The molecule has 4 fully saturated rings. The first kappa shape index (κ1) is 13.8. The zero-order chi connectivity index (χ0) is 13.4. The van der Waals surface area contributed by atoms with Crippen LogP contribution < -0.4 is 0 Å². The molecule has 4 saturated carbocycles. The number of hydrogen-bond donors (Lipinski definition) is 1. The minimum atomic E-state index is -0.679. The molecule has 4 bridgehead atoms. The summed E-state index contributed by atoms with van der Waals surface area (Å²) in [6.07, 6.45) is 7.59. The van der Waals surface area contributed by atoms with E-state index in [9.17, 15) is 5.11 Å². The summed E-state index contributed by atoms with van der Waals surface area (Å²) in [5.41, 5.74) is 0. The van der Waals surface area contributed by atoms with Gasteiger partial charge in [-0.25, -0.2) is 0 Å². The zero-order valence-electron chi connectivity index (χ0n) is 12.3. The smallest absolute Gasteiger partial charge is 0.159 e. The molecule has 1 N–H and O–H groups in total. The standard InChI is InChI=1S/C16H28O3/c1-3-10(2)16(17)19-9-18-15-13-5-11-4-12(7-13)8-14(15)6-11/h10-17H,3-9H2,1-2H3. The molecule has 3 nitrogen and oxygen atoms in total. The molecule has 0 heterocycles. The first-order valence-corrected chi connectivity index (χ1v) is 8.08. The molecule has 0 radical (unpaired) electrons. The van der Waals surface area contributed by atoms with Crippen LogP contribution in [-0.4, -0.2) is 24.3 Å². The largest absolute Gasteiger partial charge is 0.368 e. The number of rotatable bonds is 6. The van der Waals surface area contributed by atoms with E-state index in [1.54, 1.807) is 0 Å². The van der Waals surface area contributed by atoms with Crippen molar-refractivity contribution < 1.29 is 14.6 Å². The maximum Gasteiger partial charge on any atom is 0.159 e. The molecule has 110 valence electrons. The van der Waals surface area contributed by atoms with Crippen molar-refractivity contribution in [2.75, 3.05) is 6.79 Å². The van der Waals surface area contributed by atoms with Crippen molar-refractivity contribution in [3.8, 4) is 0 Å². The van der Waals surface area contributed by atoms with Gasteiger partial charge in [0.25, 0.3) is 0 Å². The highest BCUT2D eigenvalue weighted by Gasteiger charge is 2.48. The van der Waals surface area contributed by atoms with E-state index in [0.717, 1.165) is 30.1 Å². The van der Waals surface area contributed by atoms with Crippen LogP contribution in [-0.2, 0) is 9.47 Å². The first-order valence-electron chi connectivity index (χ1n) is 8.08. The third kappa shape index (κ3) is 2.84. The predicted octanol–water partition coefficient (Wildman–Crippen LogP) is 3.17. The quantitative estimate of drug-likeness (QED) is 0.752. The zero-order valence-corrected chi connectivity index (χ0v) is 12.3. The highest BCUT2D eigenvalue weighted by atomic mass is 16.7. The van der Waals surface area contributed by atoms with E-state index in [2.05, 4.69) is 6.92 Å². The SMILES string of the molecule is CCC(C)C(O)OCOC1C2CC3CC(C2)CC1C3. The van der Waals surface area contributed by atoms with Gasteiger partial charge in [0.1, 0.15) is 6.79 Å². The summed E-state index contributed by atoms with van der Waals surface area (Å²) >= 11 is 0. The van der Waals surface area contributed by atoms with Crippen LogP contribution in [0.4, 0.5) is 0 Å². The van der Waals surface area contributed by atoms with Crippen molar-refractivity contribution in [2.45, 2.75) is 64.8 Å².